The van der Waals surface area contributed by atoms with E-state index in [0.29, 0.717) is 18.4 Å². The van der Waals surface area contributed by atoms with Gasteiger partial charge in [-0.05, 0) is 43.0 Å². The highest BCUT2D eigenvalue weighted by molar-refractivity contribution is 5.85. The molecule has 0 saturated carbocycles. The minimum atomic E-state index is 0. The second-order valence-electron chi connectivity index (χ2n) is 5.49. The van der Waals surface area contributed by atoms with Gasteiger partial charge in [-0.2, -0.15) is 0 Å². The van der Waals surface area contributed by atoms with Gasteiger partial charge in [0.25, 0.3) is 0 Å². The van der Waals surface area contributed by atoms with E-state index < -0.39 is 0 Å². The molecule has 0 spiro atoms. The zero-order valence-corrected chi connectivity index (χ0v) is 13.1. The van der Waals surface area contributed by atoms with Crippen molar-refractivity contribution in [2.24, 2.45) is 5.92 Å². The molecule has 2 atom stereocenters. The number of hydrogen-bond donors (Lipinski definition) is 2. The van der Waals surface area contributed by atoms with Crippen LogP contribution in [0.3, 0.4) is 0 Å². The molecule has 1 saturated heterocycles. The van der Waals surface area contributed by atoms with Crippen molar-refractivity contribution in [1.29, 1.82) is 0 Å². The van der Waals surface area contributed by atoms with Crippen LogP contribution in [-0.2, 0) is 17.6 Å². The number of halogens is 1. The van der Waals surface area contributed by atoms with E-state index >= 15 is 0 Å². The summed E-state index contributed by atoms with van der Waals surface area (Å²) in [6.45, 7) is 6.32. The smallest absolute Gasteiger partial charge is 0.224 e. The number of aryl methyl sites for hydroxylation is 1. The zero-order chi connectivity index (χ0) is 13.7. The zero-order valence-electron chi connectivity index (χ0n) is 12.3. The van der Waals surface area contributed by atoms with Gasteiger partial charge in [0.05, 0.1) is 6.42 Å². The molecule has 0 radical (unpaired) electrons. The molecule has 3 nitrogen and oxygen atoms in total. The largest absolute Gasteiger partial charge is 0.353 e. The third-order valence-electron chi connectivity index (χ3n) is 3.93. The first kappa shape index (κ1) is 17.0. The maximum absolute atomic E-state index is 12.0. The van der Waals surface area contributed by atoms with Gasteiger partial charge in [-0.1, -0.05) is 38.1 Å². The summed E-state index contributed by atoms with van der Waals surface area (Å²) >= 11 is 0. The van der Waals surface area contributed by atoms with Crippen molar-refractivity contribution < 1.29 is 4.79 Å². The Morgan fingerprint density at radius 2 is 1.95 bits per heavy atom. The van der Waals surface area contributed by atoms with Crippen molar-refractivity contribution in [1.82, 2.24) is 10.6 Å². The second-order valence-corrected chi connectivity index (χ2v) is 5.49. The SMILES string of the molecule is CCc1ccc(CC(=O)NC2CCNCC2C)cc1.Cl. The van der Waals surface area contributed by atoms with Crippen LogP contribution in [0.4, 0.5) is 0 Å². The lowest BCUT2D eigenvalue weighted by molar-refractivity contribution is -0.121. The molecule has 1 aromatic carbocycles. The molecule has 1 fully saturated rings. The highest BCUT2D eigenvalue weighted by Gasteiger charge is 2.22. The molecule has 2 N–H and O–H groups in total. The molecule has 1 aliphatic heterocycles. The molecular weight excluding hydrogens is 272 g/mol. The molecule has 0 aliphatic carbocycles. The van der Waals surface area contributed by atoms with E-state index in [2.05, 4.69) is 48.7 Å². The van der Waals surface area contributed by atoms with E-state index in [0.717, 1.165) is 31.5 Å². The average molecular weight is 297 g/mol. The Kier molecular flexibility index (Phi) is 7.03. The number of nitrogens with one attached hydrogen (secondary N) is 2. The van der Waals surface area contributed by atoms with Crippen molar-refractivity contribution in [3.8, 4) is 0 Å². The molecule has 20 heavy (non-hydrogen) atoms. The summed E-state index contributed by atoms with van der Waals surface area (Å²) in [5.41, 5.74) is 2.41. The summed E-state index contributed by atoms with van der Waals surface area (Å²) in [4.78, 5) is 12.0. The molecule has 2 unspecified atom stereocenters. The van der Waals surface area contributed by atoms with Crippen LogP contribution >= 0.6 is 12.4 Å². The van der Waals surface area contributed by atoms with Gasteiger partial charge in [0.2, 0.25) is 5.91 Å². The van der Waals surface area contributed by atoms with Gasteiger partial charge in [-0.3, -0.25) is 4.79 Å². The van der Waals surface area contributed by atoms with Gasteiger partial charge in [0, 0.05) is 6.04 Å². The second kappa shape index (κ2) is 8.28. The highest BCUT2D eigenvalue weighted by atomic mass is 35.5. The van der Waals surface area contributed by atoms with Crippen LogP contribution in [0.15, 0.2) is 24.3 Å². The Hall–Kier alpha value is -1.06. The number of hydrogen-bond acceptors (Lipinski definition) is 2. The van der Waals surface area contributed by atoms with Gasteiger partial charge >= 0.3 is 0 Å². The summed E-state index contributed by atoms with van der Waals surface area (Å²) in [5, 5.41) is 6.52. The molecule has 1 amide bonds. The molecule has 1 heterocycles. The normalized spacial score (nSPS) is 21.9. The van der Waals surface area contributed by atoms with Crippen molar-refractivity contribution in [2.45, 2.75) is 39.2 Å². The third-order valence-corrected chi connectivity index (χ3v) is 3.93. The summed E-state index contributed by atoms with van der Waals surface area (Å²) < 4.78 is 0. The summed E-state index contributed by atoms with van der Waals surface area (Å²) in [5.74, 6) is 0.656. The molecule has 1 aromatic rings. The van der Waals surface area contributed by atoms with E-state index in [9.17, 15) is 4.79 Å². The van der Waals surface area contributed by atoms with E-state index in [1.807, 2.05) is 0 Å². The predicted molar refractivity (Wildman–Crippen MR) is 85.4 cm³/mol. The Morgan fingerprint density at radius 1 is 1.30 bits per heavy atom. The van der Waals surface area contributed by atoms with E-state index in [-0.39, 0.29) is 18.3 Å². The maximum atomic E-state index is 12.0. The van der Waals surface area contributed by atoms with Gasteiger partial charge in [-0.25, -0.2) is 0 Å². The first-order valence-electron chi connectivity index (χ1n) is 7.27. The van der Waals surface area contributed by atoms with Crippen LogP contribution in [-0.4, -0.2) is 25.0 Å². The van der Waals surface area contributed by atoms with Gasteiger partial charge in [0.1, 0.15) is 0 Å². The molecule has 4 heteroatoms. The van der Waals surface area contributed by atoms with E-state index in [1.54, 1.807) is 0 Å². The Bertz CT molecular complexity index is 419. The average Bonchev–Trinajstić information content (AvgIpc) is 2.42. The van der Waals surface area contributed by atoms with Gasteiger partial charge in [0.15, 0.2) is 0 Å². The van der Waals surface area contributed by atoms with Crippen LogP contribution in [0.2, 0.25) is 0 Å². The Morgan fingerprint density at radius 3 is 2.55 bits per heavy atom. The minimum absolute atomic E-state index is 0. The molecule has 2 rings (SSSR count). The minimum Gasteiger partial charge on any atom is -0.353 e. The van der Waals surface area contributed by atoms with Crippen LogP contribution in [0.1, 0.15) is 31.4 Å². The number of rotatable bonds is 4. The first-order chi connectivity index (χ1) is 9.19. The van der Waals surface area contributed by atoms with Crippen molar-refractivity contribution in [2.75, 3.05) is 13.1 Å². The number of piperidine rings is 1. The fourth-order valence-electron chi connectivity index (χ4n) is 2.56. The lowest BCUT2D eigenvalue weighted by Gasteiger charge is -2.30. The number of carbonyl (C=O) groups excluding carboxylic acids is 1. The molecular formula is C16H25ClN2O. The molecule has 1 aliphatic rings. The van der Waals surface area contributed by atoms with Gasteiger partial charge < -0.3 is 10.6 Å². The van der Waals surface area contributed by atoms with Gasteiger partial charge in [-0.15, -0.1) is 12.4 Å². The summed E-state index contributed by atoms with van der Waals surface area (Å²) in [7, 11) is 0. The lowest BCUT2D eigenvalue weighted by Crippen LogP contribution is -2.48. The fourth-order valence-corrected chi connectivity index (χ4v) is 2.56. The number of carbonyl (C=O) groups is 1. The quantitative estimate of drug-likeness (QED) is 0.895. The summed E-state index contributed by atoms with van der Waals surface area (Å²) in [6.07, 6.45) is 2.56. The highest BCUT2D eigenvalue weighted by Crippen LogP contribution is 2.11. The molecule has 0 aromatic heterocycles. The summed E-state index contributed by atoms with van der Waals surface area (Å²) in [6, 6.07) is 8.66. The van der Waals surface area contributed by atoms with Crippen LogP contribution < -0.4 is 10.6 Å². The number of amides is 1. The monoisotopic (exact) mass is 296 g/mol. The third kappa shape index (κ3) is 4.80. The number of benzene rings is 1. The van der Waals surface area contributed by atoms with Crippen LogP contribution in [0, 0.1) is 5.92 Å². The fraction of sp³-hybridized carbons (Fsp3) is 0.562. The van der Waals surface area contributed by atoms with Crippen molar-refractivity contribution >= 4 is 18.3 Å². The van der Waals surface area contributed by atoms with Crippen molar-refractivity contribution in [3.05, 3.63) is 35.4 Å². The van der Waals surface area contributed by atoms with Crippen LogP contribution in [0.25, 0.3) is 0 Å². The van der Waals surface area contributed by atoms with E-state index in [1.165, 1.54) is 5.56 Å². The molecule has 0 bridgehead atoms. The van der Waals surface area contributed by atoms with Crippen molar-refractivity contribution in [3.63, 3.8) is 0 Å². The predicted octanol–water partition coefficient (Wildman–Crippen LogP) is 2.33. The Labute approximate surface area is 127 Å². The van der Waals surface area contributed by atoms with E-state index in [4.69, 9.17) is 0 Å². The lowest BCUT2D eigenvalue weighted by atomic mass is 9.95. The first-order valence-corrected chi connectivity index (χ1v) is 7.27. The topological polar surface area (TPSA) is 41.1 Å². The maximum Gasteiger partial charge on any atom is 0.224 e. The Balaban J connectivity index is 0.00000200. The van der Waals surface area contributed by atoms with Crippen LogP contribution in [0.5, 0.6) is 0 Å². The standard InChI is InChI=1S/C16H24N2O.ClH/c1-3-13-4-6-14(7-5-13)10-16(19)18-15-8-9-17-11-12(15)2;/h4-7,12,15,17H,3,8-11H2,1-2H3,(H,18,19);1H. The molecule has 112 valence electrons.